The number of amides is 2. The highest BCUT2D eigenvalue weighted by Crippen LogP contribution is 2.19. The number of rotatable bonds is 8. The van der Waals surface area contributed by atoms with Crippen molar-refractivity contribution < 1.29 is 14.3 Å². The van der Waals surface area contributed by atoms with E-state index < -0.39 is 0 Å². The molecule has 1 aromatic carbocycles. The molecule has 0 radical (unpaired) electrons. The van der Waals surface area contributed by atoms with Crippen molar-refractivity contribution in [3.8, 4) is 5.75 Å². The van der Waals surface area contributed by atoms with Gasteiger partial charge in [0.15, 0.2) is 0 Å². The Bertz CT molecular complexity index is 652. The SMILES string of the molecule is Cc1ccccc1OCCCC(=O)N1CCN(C(C)C(=O)NC2CC2)CC1. The van der Waals surface area contributed by atoms with Crippen LogP contribution in [0.3, 0.4) is 0 Å². The smallest absolute Gasteiger partial charge is 0.237 e. The molecule has 27 heavy (non-hydrogen) atoms. The molecule has 1 aliphatic carbocycles. The Morgan fingerprint density at radius 3 is 2.56 bits per heavy atom. The van der Waals surface area contributed by atoms with Crippen molar-refractivity contribution in [1.29, 1.82) is 0 Å². The van der Waals surface area contributed by atoms with E-state index in [1.807, 2.05) is 43.0 Å². The zero-order valence-corrected chi connectivity index (χ0v) is 16.4. The Morgan fingerprint density at radius 1 is 1.19 bits per heavy atom. The highest BCUT2D eigenvalue weighted by atomic mass is 16.5. The zero-order chi connectivity index (χ0) is 19.2. The predicted molar refractivity (Wildman–Crippen MR) is 105 cm³/mol. The molecule has 1 aromatic rings. The van der Waals surface area contributed by atoms with E-state index in [1.54, 1.807) is 0 Å². The summed E-state index contributed by atoms with van der Waals surface area (Å²) in [6, 6.07) is 8.19. The van der Waals surface area contributed by atoms with Crippen LogP contribution >= 0.6 is 0 Å². The maximum atomic E-state index is 12.4. The number of para-hydroxylation sites is 1. The van der Waals surface area contributed by atoms with Crippen LogP contribution in [0.1, 0.15) is 38.2 Å². The first-order valence-electron chi connectivity index (χ1n) is 10.0. The van der Waals surface area contributed by atoms with Crippen molar-refractivity contribution in [2.24, 2.45) is 0 Å². The lowest BCUT2D eigenvalue weighted by Crippen LogP contribution is -2.55. The van der Waals surface area contributed by atoms with E-state index in [-0.39, 0.29) is 17.9 Å². The van der Waals surface area contributed by atoms with Crippen molar-refractivity contribution in [3.05, 3.63) is 29.8 Å². The van der Waals surface area contributed by atoms with E-state index in [1.165, 1.54) is 0 Å². The maximum Gasteiger partial charge on any atom is 0.237 e. The summed E-state index contributed by atoms with van der Waals surface area (Å²) in [7, 11) is 0. The van der Waals surface area contributed by atoms with E-state index in [9.17, 15) is 9.59 Å². The molecule has 6 nitrogen and oxygen atoms in total. The second kappa shape index (κ2) is 9.22. The summed E-state index contributed by atoms with van der Waals surface area (Å²) in [6.07, 6.45) is 3.43. The molecule has 0 aromatic heterocycles. The topological polar surface area (TPSA) is 61.9 Å². The van der Waals surface area contributed by atoms with Crippen LogP contribution < -0.4 is 10.1 Å². The van der Waals surface area contributed by atoms with E-state index >= 15 is 0 Å². The second-order valence-electron chi connectivity index (χ2n) is 7.59. The molecule has 1 atom stereocenters. The Hall–Kier alpha value is -2.08. The number of benzene rings is 1. The molecule has 1 saturated carbocycles. The summed E-state index contributed by atoms with van der Waals surface area (Å²) in [6.45, 7) is 7.42. The Labute approximate surface area is 161 Å². The van der Waals surface area contributed by atoms with E-state index in [0.29, 0.717) is 38.6 Å². The maximum absolute atomic E-state index is 12.4. The van der Waals surface area contributed by atoms with Gasteiger partial charge in [-0.05, 0) is 44.7 Å². The largest absolute Gasteiger partial charge is 0.493 e. The normalized spacial score (nSPS) is 18.8. The molecule has 1 heterocycles. The van der Waals surface area contributed by atoms with Gasteiger partial charge in [-0.1, -0.05) is 18.2 Å². The molecule has 148 valence electrons. The molecule has 0 spiro atoms. The lowest BCUT2D eigenvalue weighted by atomic mass is 10.2. The molecule has 2 amide bonds. The lowest BCUT2D eigenvalue weighted by molar-refractivity contribution is -0.134. The van der Waals surface area contributed by atoms with Gasteiger partial charge in [-0.25, -0.2) is 0 Å². The molecular formula is C21H31N3O3. The standard InChI is InChI=1S/C21H31N3O3/c1-16-6-3-4-7-19(16)27-15-5-8-20(25)24-13-11-23(12-14-24)17(2)21(26)22-18-9-10-18/h3-4,6-7,17-18H,5,8-15H2,1-2H3,(H,22,26). The third-order valence-electron chi connectivity index (χ3n) is 5.40. The van der Waals surface area contributed by atoms with Crippen molar-refractivity contribution in [2.75, 3.05) is 32.8 Å². The minimum atomic E-state index is -0.120. The minimum Gasteiger partial charge on any atom is -0.493 e. The quantitative estimate of drug-likeness (QED) is 0.708. The van der Waals surface area contributed by atoms with E-state index in [2.05, 4.69) is 10.2 Å². The second-order valence-corrected chi connectivity index (χ2v) is 7.59. The van der Waals surface area contributed by atoms with E-state index in [4.69, 9.17) is 4.74 Å². The highest BCUT2D eigenvalue weighted by molar-refractivity contribution is 5.82. The Balaban J connectivity index is 1.33. The molecule has 2 aliphatic rings. The van der Waals surface area contributed by atoms with Gasteiger partial charge in [-0.3, -0.25) is 14.5 Å². The summed E-state index contributed by atoms with van der Waals surface area (Å²) in [5.74, 6) is 1.18. The minimum absolute atomic E-state index is 0.116. The summed E-state index contributed by atoms with van der Waals surface area (Å²) in [5.41, 5.74) is 1.11. The molecule has 3 rings (SSSR count). The first-order valence-corrected chi connectivity index (χ1v) is 10.0. The highest BCUT2D eigenvalue weighted by Gasteiger charge is 2.30. The van der Waals surface area contributed by atoms with Gasteiger partial charge in [0.1, 0.15) is 5.75 Å². The number of nitrogens with zero attached hydrogens (tertiary/aromatic N) is 2. The van der Waals surface area contributed by atoms with Crippen LogP contribution in [0, 0.1) is 6.92 Å². The van der Waals surface area contributed by atoms with E-state index in [0.717, 1.165) is 37.2 Å². The van der Waals surface area contributed by atoms with Crippen LogP contribution in [0.25, 0.3) is 0 Å². The molecule has 1 saturated heterocycles. The third kappa shape index (κ3) is 5.70. The molecule has 0 bridgehead atoms. The van der Waals surface area contributed by atoms with Gasteiger partial charge in [0.2, 0.25) is 11.8 Å². The predicted octanol–water partition coefficient (Wildman–Crippen LogP) is 1.97. The summed E-state index contributed by atoms with van der Waals surface area (Å²) in [4.78, 5) is 28.7. The fourth-order valence-corrected chi connectivity index (χ4v) is 3.36. The van der Waals surface area contributed by atoms with Crippen LogP contribution in [0.5, 0.6) is 5.75 Å². The molecular weight excluding hydrogens is 342 g/mol. The number of aryl methyl sites for hydroxylation is 1. The Kier molecular flexibility index (Phi) is 6.72. The third-order valence-corrected chi connectivity index (χ3v) is 5.40. The van der Waals surface area contributed by atoms with Crippen molar-refractivity contribution in [3.63, 3.8) is 0 Å². The number of hydrogen-bond acceptors (Lipinski definition) is 4. The molecule has 6 heteroatoms. The number of hydrogen-bond donors (Lipinski definition) is 1. The molecule has 1 N–H and O–H groups in total. The van der Waals surface area contributed by atoms with Crippen molar-refractivity contribution >= 4 is 11.8 Å². The van der Waals surface area contributed by atoms with Crippen LogP contribution in [-0.4, -0.2) is 66.5 Å². The Morgan fingerprint density at radius 2 is 1.89 bits per heavy atom. The zero-order valence-electron chi connectivity index (χ0n) is 16.4. The molecule has 2 fully saturated rings. The first kappa shape index (κ1) is 19.7. The fraction of sp³-hybridized carbons (Fsp3) is 0.619. The van der Waals surface area contributed by atoms with Crippen LogP contribution in [0.15, 0.2) is 24.3 Å². The summed E-state index contributed by atoms with van der Waals surface area (Å²) >= 11 is 0. The average molecular weight is 373 g/mol. The summed E-state index contributed by atoms with van der Waals surface area (Å²) in [5, 5.41) is 3.06. The number of nitrogens with one attached hydrogen (secondary N) is 1. The molecule has 1 unspecified atom stereocenters. The average Bonchev–Trinajstić information content (AvgIpc) is 3.50. The summed E-state index contributed by atoms with van der Waals surface area (Å²) < 4.78 is 5.76. The van der Waals surface area contributed by atoms with Gasteiger partial charge in [0, 0.05) is 38.6 Å². The first-order chi connectivity index (χ1) is 13.0. The van der Waals surface area contributed by atoms with Crippen LogP contribution in [0.2, 0.25) is 0 Å². The van der Waals surface area contributed by atoms with Gasteiger partial charge in [-0.2, -0.15) is 0 Å². The van der Waals surface area contributed by atoms with Crippen LogP contribution in [0.4, 0.5) is 0 Å². The van der Waals surface area contributed by atoms with Crippen LogP contribution in [-0.2, 0) is 9.59 Å². The fourth-order valence-electron chi connectivity index (χ4n) is 3.36. The number of ether oxygens (including phenoxy) is 1. The molecule has 1 aliphatic heterocycles. The van der Waals surface area contributed by atoms with Gasteiger partial charge in [0.25, 0.3) is 0 Å². The van der Waals surface area contributed by atoms with Gasteiger partial charge in [0.05, 0.1) is 12.6 Å². The van der Waals surface area contributed by atoms with Gasteiger partial charge >= 0.3 is 0 Å². The number of carbonyl (C=O) groups excluding carboxylic acids is 2. The van der Waals surface area contributed by atoms with Gasteiger partial charge in [-0.15, -0.1) is 0 Å². The number of carbonyl (C=O) groups is 2. The lowest BCUT2D eigenvalue weighted by Gasteiger charge is -2.37. The van der Waals surface area contributed by atoms with Gasteiger partial charge < -0.3 is 15.0 Å². The van der Waals surface area contributed by atoms with Crippen molar-refractivity contribution in [2.45, 2.75) is 51.6 Å². The number of piperazine rings is 1. The monoisotopic (exact) mass is 373 g/mol. The van der Waals surface area contributed by atoms with Crippen molar-refractivity contribution in [1.82, 2.24) is 15.1 Å².